The molecule has 1 aromatic rings. The van der Waals surface area contributed by atoms with Crippen molar-refractivity contribution >= 4 is 27.3 Å². The lowest BCUT2D eigenvalue weighted by Crippen LogP contribution is -2.32. The first-order valence-electron chi connectivity index (χ1n) is 7.11. The van der Waals surface area contributed by atoms with Gasteiger partial charge in [-0.15, -0.1) is 11.6 Å². The molecule has 0 saturated heterocycles. The summed E-state index contributed by atoms with van der Waals surface area (Å²) in [5, 5.41) is 12.4. The average molecular weight is 333 g/mol. The summed E-state index contributed by atoms with van der Waals surface area (Å²) in [6, 6.07) is 6.62. The summed E-state index contributed by atoms with van der Waals surface area (Å²) in [4.78, 5) is 0.236. The molecule has 1 aromatic carbocycles. The van der Waals surface area contributed by atoms with Crippen LogP contribution in [0.3, 0.4) is 0 Å². The normalized spacial score (nSPS) is 17.8. The Labute approximate surface area is 130 Å². The average Bonchev–Trinajstić information content (AvgIpc) is 2.97. The first-order chi connectivity index (χ1) is 10.0. The van der Waals surface area contributed by atoms with E-state index in [2.05, 4.69) is 10.0 Å². The molecular weight excluding hydrogens is 312 g/mol. The molecule has 118 valence electrons. The Balaban J connectivity index is 2.04. The van der Waals surface area contributed by atoms with Crippen LogP contribution in [0.2, 0.25) is 0 Å². The Hall–Kier alpha value is -0.820. The number of rotatable bonds is 7. The van der Waals surface area contributed by atoms with E-state index < -0.39 is 16.1 Å². The molecule has 5 nitrogen and oxygen atoms in total. The zero-order valence-electron chi connectivity index (χ0n) is 11.8. The summed E-state index contributed by atoms with van der Waals surface area (Å²) in [7, 11) is -3.49. The molecule has 0 aliphatic heterocycles. The molecule has 0 heterocycles. The molecule has 0 spiro atoms. The van der Waals surface area contributed by atoms with E-state index in [-0.39, 0.29) is 23.4 Å². The first-order valence-corrected chi connectivity index (χ1v) is 9.13. The van der Waals surface area contributed by atoms with E-state index in [1.165, 1.54) is 0 Å². The summed E-state index contributed by atoms with van der Waals surface area (Å²) in [5.41, 5.74) is 0.647. The summed E-state index contributed by atoms with van der Waals surface area (Å²) >= 11 is 5.52. The standard InChI is InChI=1S/C14H21ClN2O3S/c15-9-13(18)10-16-12-6-3-7-14(8-12)21(19,20)17-11-4-1-2-5-11/h3,6-8,11,13,16-18H,1-2,4-5,9-10H2. The minimum Gasteiger partial charge on any atom is -0.390 e. The molecule has 0 bridgehead atoms. The maximum atomic E-state index is 12.3. The zero-order chi connectivity index (χ0) is 15.3. The molecule has 3 N–H and O–H groups in total. The van der Waals surface area contributed by atoms with E-state index in [1.807, 2.05) is 0 Å². The number of hydrogen-bond acceptors (Lipinski definition) is 4. The predicted octanol–water partition coefficient (Wildman–Crippen LogP) is 1.92. The Bertz CT molecular complexity index is 559. The minimum absolute atomic E-state index is 0.0460. The maximum Gasteiger partial charge on any atom is 0.240 e. The number of sulfonamides is 1. The van der Waals surface area contributed by atoms with Crippen LogP contribution in [0.4, 0.5) is 5.69 Å². The zero-order valence-corrected chi connectivity index (χ0v) is 13.3. The predicted molar refractivity (Wildman–Crippen MR) is 84.2 cm³/mol. The van der Waals surface area contributed by atoms with Crippen molar-refractivity contribution in [2.24, 2.45) is 0 Å². The van der Waals surface area contributed by atoms with Gasteiger partial charge in [-0.05, 0) is 31.0 Å². The van der Waals surface area contributed by atoms with Crippen LogP contribution < -0.4 is 10.0 Å². The molecule has 0 radical (unpaired) electrons. The van der Waals surface area contributed by atoms with Crippen molar-refractivity contribution in [3.63, 3.8) is 0 Å². The minimum atomic E-state index is -3.49. The van der Waals surface area contributed by atoms with E-state index in [0.29, 0.717) is 5.69 Å². The largest absolute Gasteiger partial charge is 0.390 e. The number of halogens is 1. The quantitative estimate of drug-likeness (QED) is 0.667. The van der Waals surface area contributed by atoms with E-state index in [1.54, 1.807) is 24.3 Å². The van der Waals surface area contributed by atoms with Crippen molar-refractivity contribution in [3.8, 4) is 0 Å². The maximum absolute atomic E-state index is 12.3. The van der Waals surface area contributed by atoms with Crippen LogP contribution in [0.15, 0.2) is 29.2 Å². The Morgan fingerprint density at radius 3 is 2.71 bits per heavy atom. The second kappa shape index (κ2) is 7.45. The summed E-state index contributed by atoms with van der Waals surface area (Å²) in [5.74, 6) is 0.133. The second-order valence-corrected chi connectivity index (χ2v) is 7.34. The molecular formula is C14H21ClN2O3S. The van der Waals surface area contributed by atoms with Crippen molar-refractivity contribution in [2.75, 3.05) is 17.7 Å². The highest BCUT2D eigenvalue weighted by Crippen LogP contribution is 2.21. The van der Waals surface area contributed by atoms with Gasteiger partial charge in [0.25, 0.3) is 0 Å². The molecule has 2 rings (SSSR count). The van der Waals surface area contributed by atoms with Crippen LogP contribution in [0.5, 0.6) is 0 Å². The summed E-state index contributed by atoms with van der Waals surface area (Å²) in [6.45, 7) is 0.281. The van der Waals surface area contributed by atoms with Crippen molar-refractivity contribution in [2.45, 2.75) is 42.7 Å². The number of alkyl halides is 1. The number of aliphatic hydroxyl groups excluding tert-OH is 1. The molecule has 1 unspecified atom stereocenters. The SMILES string of the molecule is O=S(=O)(NC1CCCC1)c1cccc(NCC(O)CCl)c1. The van der Waals surface area contributed by atoms with Gasteiger partial charge in [0.1, 0.15) is 0 Å². The Morgan fingerprint density at radius 2 is 2.05 bits per heavy atom. The molecule has 1 atom stereocenters. The summed E-state index contributed by atoms with van der Waals surface area (Å²) in [6.07, 6.45) is 3.29. The smallest absolute Gasteiger partial charge is 0.240 e. The third kappa shape index (κ3) is 4.85. The van der Waals surface area contributed by atoms with E-state index >= 15 is 0 Å². The van der Waals surface area contributed by atoms with Gasteiger partial charge in [-0.2, -0.15) is 0 Å². The van der Waals surface area contributed by atoms with Gasteiger partial charge in [-0.25, -0.2) is 13.1 Å². The van der Waals surface area contributed by atoms with E-state index in [9.17, 15) is 13.5 Å². The lowest BCUT2D eigenvalue weighted by Gasteiger charge is -2.14. The third-order valence-electron chi connectivity index (χ3n) is 3.54. The molecule has 1 fully saturated rings. The number of aliphatic hydroxyl groups is 1. The van der Waals surface area contributed by atoms with Gasteiger partial charge in [-0.1, -0.05) is 18.9 Å². The highest BCUT2D eigenvalue weighted by atomic mass is 35.5. The van der Waals surface area contributed by atoms with Gasteiger partial charge in [0.05, 0.1) is 16.9 Å². The number of nitrogens with one attached hydrogen (secondary N) is 2. The second-order valence-electron chi connectivity index (χ2n) is 5.32. The van der Waals surface area contributed by atoms with Gasteiger partial charge in [0.15, 0.2) is 0 Å². The Morgan fingerprint density at radius 1 is 1.33 bits per heavy atom. The monoisotopic (exact) mass is 332 g/mol. The van der Waals surface area contributed by atoms with Crippen LogP contribution in [-0.4, -0.2) is 38.1 Å². The van der Waals surface area contributed by atoms with Gasteiger partial charge >= 0.3 is 0 Å². The van der Waals surface area contributed by atoms with Crippen molar-refractivity contribution in [3.05, 3.63) is 24.3 Å². The van der Waals surface area contributed by atoms with Crippen molar-refractivity contribution < 1.29 is 13.5 Å². The van der Waals surface area contributed by atoms with Crippen LogP contribution >= 0.6 is 11.6 Å². The molecule has 7 heteroatoms. The van der Waals surface area contributed by atoms with Gasteiger partial charge < -0.3 is 10.4 Å². The highest BCUT2D eigenvalue weighted by Gasteiger charge is 2.22. The van der Waals surface area contributed by atoms with E-state index in [4.69, 9.17) is 11.6 Å². The van der Waals surface area contributed by atoms with Gasteiger partial charge in [0.2, 0.25) is 10.0 Å². The lowest BCUT2D eigenvalue weighted by atomic mass is 10.3. The van der Waals surface area contributed by atoms with Crippen molar-refractivity contribution in [1.82, 2.24) is 4.72 Å². The molecule has 21 heavy (non-hydrogen) atoms. The fourth-order valence-electron chi connectivity index (χ4n) is 2.39. The highest BCUT2D eigenvalue weighted by molar-refractivity contribution is 7.89. The fraction of sp³-hybridized carbons (Fsp3) is 0.571. The van der Waals surface area contributed by atoms with Crippen LogP contribution in [0.1, 0.15) is 25.7 Å². The number of hydrogen-bond donors (Lipinski definition) is 3. The molecule has 1 saturated carbocycles. The number of benzene rings is 1. The molecule has 0 aromatic heterocycles. The third-order valence-corrected chi connectivity index (χ3v) is 5.42. The lowest BCUT2D eigenvalue weighted by molar-refractivity contribution is 0.211. The molecule has 1 aliphatic carbocycles. The Kier molecular flexibility index (Phi) is 5.87. The van der Waals surface area contributed by atoms with Gasteiger partial charge in [0, 0.05) is 18.3 Å². The summed E-state index contributed by atoms with van der Waals surface area (Å²) < 4.78 is 27.4. The van der Waals surface area contributed by atoms with Crippen LogP contribution in [0, 0.1) is 0 Å². The van der Waals surface area contributed by atoms with Gasteiger partial charge in [-0.3, -0.25) is 0 Å². The van der Waals surface area contributed by atoms with Crippen LogP contribution in [-0.2, 0) is 10.0 Å². The molecule has 1 aliphatic rings. The first kappa shape index (κ1) is 16.5. The van der Waals surface area contributed by atoms with Crippen molar-refractivity contribution in [1.29, 1.82) is 0 Å². The fourth-order valence-corrected chi connectivity index (χ4v) is 3.85. The van der Waals surface area contributed by atoms with E-state index in [0.717, 1.165) is 25.7 Å². The number of anilines is 1. The molecule has 0 amide bonds. The van der Waals surface area contributed by atoms with Crippen LogP contribution in [0.25, 0.3) is 0 Å². The topological polar surface area (TPSA) is 78.4 Å².